The SMILES string of the molecule is Cc1cc(C)n(CC(=O)N2CCC(c3cc(=O)n4[nH]ccc4n3)CC2)n1. The zero-order chi connectivity index (χ0) is 18.3. The Morgan fingerprint density at radius 2 is 2.04 bits per heavy atom. The molecule has 136 valence electrons. The predicted octanol–water partition coefficient (Wildman–Crippen LogP) is 1.24. The Bertz CT molecular complexity index is 1010. The van der Waals surface area contributed by atoms with Crippen molar-refractivity contribution in [3.05, 3.63) is 51.8 Å². The first-order valence-electron chi connectivity index (χ1n) is 8.87. The molecule has 0 atom stereocenters. The van der Waals surface area contributed by atoms with Gasteiger partial charge in [-0.1, -0.05) is 0 Å². The molecule has 4 heterocycles. The number of aromatic nitrogens is 5. The fourth-order valence-electron chi connectivity index (χ4n) is 3.64. The molecule has 0 bridgehead atoms. The molecule has 3 aromatic rings. The van der Waals surface area contributed by atoms with Crippen LogP contribution in [0.15, 0.2) is 29.2 Å². The molecule has 8 nitrogen and oxygen atoms in total. The number of fused-ring (bicyclic) bond motifs is 1. The number of piperidine rings is 1. The van der Waals surface area contributed by atoms with E-state index in [1.165, 1.54) is 4.52 Å². The average molecular weight is 354 g/mol. The van der Waals surface area contributed by atoms with E-state index in [-0.39, 0.29) is 23.9 Å². The molecular weight excluding hydrogens is 332 g/mol. The summed E-state index contributed by atoms with van der Waals surface area (Å²) < 4.78 is 3.18. The first-order valence-corrected chi connectivity index (χ1v) is 8.87. The Morgan fingerprint density at radius 1 is 1.27 bits per heavy atom. The number of hydrogen-bond acceptors (Lipinski definition) is 4. The molecule has 1 fully saturated rings. The Hall–Kier alpha value is -2.90. The summed E-state index contributed by atoms with van der Waals surface area (Å²) in [6, 6.07) is 5.36. The van der Waals surface area contributed by atoms with Gasteiger partial charge in [0, 0.05) is 43.0 Å². The number of carbonyl (C=O) groups excluding carboxylic acids is 1. The van der Waals surface area contributed by atoms with Crippen LogP contribution in [0.25, 0.3) is 5.65 Å². The van der Waals surface area contributed by atoms with Gasteiger partial charge in [-0.25, -0.2) is 9.50 Å². The summed E-state index contributed by atoms with van der Waals surface area (Å²) in [5.41, 5.74) is 3.27. The zero-order valence-electron chi connectivity index (χ0n) is 15.0. The van der Waals surface area contributed by atoms with Gasteiger partial charge in [-0.2, -0.15) is 5.10 Å². The summed E-state index contributed by atoms with van der Waals surface area (Å²) in [6.07, 6.45) is 3.33. The van der Waals surface area contributed by atoms with E-state index in [0.717, 1.165) is 29.9 Å². The molecule has 0 aliphatic carbocycles. The number of nitrogens with zero attached hydrogens (tertiary/aromatic N) is 5. The number of aryl methyl sites for hydroxylation is 2. The van der Waals surface area contributed by atoms with E-state index in [0.29, 0.717) is 18.7 Å². The summed E-state index contributed by atoms with van der Waals surface area (Å²) in [5.74, 6) is 0.295. The summed E-state index contributed by atoms with van der Waals surface area (Å²) in [7, 11) is 0. The number of amides is 1. The van der Waals surface area contributed by atoms with Crippen LogP contribution in [0.2, 0.25) is 0 Å². The highest BCUT2D eigenvalue weighted by Gasteiger charge is 2.25. The van der Waals surface area contributed by atoms with Gasteiger partial charge in [-0.05, 0) is 32.8 Å². The van der Waals surface area contributed by atoms with Crippen LogP contribution in [-0.2, 0) is 11.3 Å². The lowest BCUT2D eigenvalue weighted by Crippen LogP contribution is -2.40. The van der Waals surface area contributed by atoms with Crippen molar-refractivity contribution in [2.75, 3.05) is 13.1 Å². The van der Waals surface area contributed by atoms with Crippen molar-refractivity contribution < 1.29 is 4.79 Å². The molecule has 0 unspecified atom stereocenters. The number of H-pyrrole nitrogens is 1. The minimum absolute atomic E-state index is 0.0868. The summed E-state index contributed by atoms with van der Waals surface area (Å²) in [4.78, 5) is 31.2. The molecule has 0 saturated carbocycles. The molecule has 26 heavy (non-hydrogen) atoms. The molecule has 1 aliphatic heterocycles. The normalized spacial score (nSPS) is 15.7. The van der Waals surface area contributed by atoms with Crippen molar-refractivity contribution in [1.29, 1.82) is 0 Å². The second-order valence-corrected chi connectivity index (χ2v) is 6.92. The second-order valence-electron chi connectivity index (χ2n) is 6.92. The molecule has 0 radical (unpaired) electrons. The zero-order valence-corrected chi connectivity index (χ0v) is 15.0. The van der Waals surface area contributed by atoms with E-state index in [2.05, 4.69) is 15.2 Å². The fraction of sp³-hybridized carbons (Fsp3) is 0.444. The van der Waals surface area contributed by atoms with Crippen LogP contribution in [0.1, 0.15) is 35.8 Å². The maximum atomic E-state index is 12.6. The van der Waals surface area contributed by atoms with Crippen molar-refractivity contribution in [2.45, 2.75) is 39.2 Å². The highest BCUT2D eigenvalue weighted by Crippen LogP contribution is 2.26. The predicted molar refractivity (Wildman–Crippen MR) is 96.1 cm³/mol. The van der Waals surface area contributed by atoms with Gasteiger partial charge >= 0.3 is 0 Å². The van der Waals surface area contributed by atoms with Crippen LogP contribution < -0.4 is 5.56 Å². The van der Waals surface area contributed by atoms with E-state index < -0.39 is 0 Å². The van der Waals surface area contributed by atoms with Crippen LogP contribution >= 0.6 is 0 Å². The highest BCUT2D eigenvalue weighted by atomic mass is 16.2. The standard InChI is InChI=1S/C18H22N6O2/c1-12-9-13(2)23(21-12)11-18(26)22-7-4-14(5-8-22)15-10-17(25)24-16(20-15)3-6-19-24/h3,6,9-10,14,19H,4-5,7-8,11H2,1-2H3. The Balaban J connectivity index is 1.42. The third kappa shape index (κ3) is 3.02. The van der Waals surface area contributed by atoms with E-state index in [1.807, 2.05) is 24.8 Å². The summed E-state index contributed by atoms with van der Waals surface area (Å²) >= 11 is 0. The minimum atomic E-state index is -0.0990. The number of aromatic amines is 1. The summed E-state index contributed by atoms with van der Waals surface area (Å²) in [6.45, 7) is 5.52. The topological polar surface area (TPSA) is 88.3 Å². The van der Waals surface area contributed by atoms with Gasteiger partial charge < -0.3 is 4.90 Å². The van der Waals surface area contributed by atoms with E-state index in [1.54, 1.807) is 23.0 Å². The quantitative estimate of drug-likeness (QED) is 0.766. The van der Waals surface area contributed by atoms with Crippen LogP contribution in [0.3, 0.4) is 0 Å². The smallest absolute Gasteiger partial charge is 0.272 e. The number of nitrogens with one attached hydrogen (secondary N) is 1. The van der Waals surface area contributed by atoms with Crippen molar-refractivity contribution in [1.82, 2.24) is 29.3 Å². The average Bonchev–Trinajstić information content (AvgIpc) is 3.21. The molecule has 0 aromatic carbocycles. The lowest BCUT2D eigenvalue weighted by atomic mass is 9.93. The van der Waals surface area contributed by atoms with Gasteiger partial charge in [-0.3, -0.25) is 19.4 Å². The Morgan fingerprint density at radius 3 is 2.73 bits per heavy atom. The Kier molecular flexibility index (Phi) is 4.10. The summed E-state index contributed by atoms with van der Waals surface area (Å²) in [5, 5.41) is 7.21. The Labute approximate surface area is 150 Å². The second kappa shape index (κ2) is 6.44. The maximum absolute atomic E-state index is 12.6. The number of hydrogen-bond donors (Lipinski definition) is 1. The molecule has 8 heteroatoms. The minimum Gasteiger partial charge on any atom is -0.341 e. The molecule has 1 N–H and O–H groups in total. The van der Waals surface area contributed by atoms with Crippen molar-refractivity contribution in [3.63, 3.8) is 0 Å². The number of likely N-dealkylation sites (tertiary alicyclic amines) is 1. The van der Waals surface area contributed by atoms with Crippen LogP contribution in [-0.4, -0.2) is 48.3 Å². The van der Waals surface area contributed by atoms with Crippen LogP contribution in [0, 0.1) is 13.8 Å². The third-order valence-electron chi connectivity index (χ3n) is 5.05. The molecule has 3 aromatic heterocycles. The van der Waals surface area contributed by atoms with Gasteiger partial charge in [0.05, 0.1) is 11.4 Å². The molecule has 0 spiro atoms. The van der Waals surface area contributed by atoms with Gasteiger partial charge in [0.25, 0.3) is 5.56 Å². The van der Waals surface area contributed by atoms with Gasteiger partial charge in [0.15, 0.2) is 5.65 Å². The lowest BCUT2D eigenvalue weighted by Gasteiger charge is -2.31. The van der Waals surface area contributed by atoms with Gasteiger partial charge in [0.1, 0.15) is 6.54 Å². The largest absolute Gasteiger partial charge is 0.341 e. The fourth-order valence-corrected chi connectivity index (χ4v) is 3.64. The first-order chi connectivity index (χ1) is 12.5. The first kappa shape index (κ1) is 16.6. The van der Waals surface area contributed by atoms with E-state index in [9.17, 15) is 9.59 Å². The molecular formula is C18H22N6O2. The van der Waals surface area contributed by atoms with Crippen LogP contribution in [0.4, 0.5) is 0 Å². The van der Waals surface area contributed by atoms with Gasteiger partial charge in [0.2, 0.25) is 5.91 Å². The van der Waals surface area contributed by atoms with E-state index in [4.69, 9.17) is 0 Å². The monoisotopic (exact) mass is 354 g/mol. The molecule has 1 aliphatic rings. The number of rotatable bonds is 3. The lowest BCUT2D eigenvalue weighted by molar-refractivity contribution is -0.133. The van der Waals surface area contributed by atoms with Crippen molar-refractivity contribution >= 4 is 11.6 Å². The van der Waals surface area contributed by atoms with Crippen molar-refractivity contribution in [3.8, 4) is 0 Å². The van der Waals surface area contributed by atoms with Crippen molar-refractivity contribution in [2.24, 2.45) is 0 Å². The molecule has 4 rings (SSSR count). The number of carbonyl (C=O) groups is 1. The third-order valence-corrected chi connectivity index (χ3v) is 5.05. The highest BCUT2D eigenvalue weighted by molar-refractivity contribution is 5.76. The van der Waals surface area contributed by atoms with Crippen LogP contribution in [0.5, 0.6) is 0 Å². The molecule has 1 saturated heterocycles. The van der Waals surface area contributed by atoms with Gasteiger partial charge in [-0.15, -0.1) is 0 Å². The molecule has 1 amide bonds. The van der Waals surface area contributed by atoms with E-state index >= 15 is 0 Å². The maximum Gasteiger partial charge on any atom is 0.272 e.